The van der Waals surface area contributed by atoms with Gasteiger partial charge in [0.05, 0.1) is 0 Å². The highest BCUT2D eigenvalue weighted by atomic mass is 15.1. The molecule has 0 fully saturated rings. The third-order valence-corrected chi connectivity index (χ3v) is 7.83. The molecule has 0 aliphatic heterocycles. The fourth-order valence-corrected chi connectivity index (χ4v) is 5.39. The Morgan fingerprint density at radius 3 is 1.38 bits per heavy atom. The molecule has 1 aromatic heterocycles. The van der Waals surface area contributed by atoms with E-state index in [1.165, 1.54) is 154 Å². The smallest absolute Gasteiger partial charge is 0.111 e. The lowest BCUT2D eigenvalue weighted by atomic mass is 10.00. The van der Waals surface area contributed by atoms with Crippen LogP contribution in [0.4, 0.5) is 0 Å². The van der Waals surface area contributed by atoms with Gasteiger partial charge in [0.1, 0.15) is 5.82 Å². The van der Waals surface area contributed by atoms with Crippen molar-refractivity contribution in [2.75, 3.05) is 0 Å². The molecule has 0 spiro atoms. The van der Waals surface area contributed by atoms with Crippen LogP contribution in [0.3, 0.4) is 0 Å². The lowest BCUT2D eigenvalue weighted by Crippen LogP contribution is -2.11. The number of aromatic nitrogens is 2. The molecule has 2 heteroatoms. The Labute approximate surface area is 215 Å². The Kier molecular flexibility index (Phi) is 20.8. The second kappa shape index (κ2) is 22.7. The quantitative estimate of drug-likeness (QED) is 0.129. The fourth-order valence-electron chi connectivity index (χ4n) is 5.39. The molecule has 0 bridgehead atoms. The molecule has 0 aliphatic carbocycles. The van der Waals surface area contributed by atoms with Crippen LogP contribution < -0.4 is 0 Å². The molecule has 2 unspecified atom stereocenters. The van der Waals surface area contributed by atoms with E-state index >= 15 is 0 Å². The maximum absolute atomic E-state index is 4.76. The highest BCUT2D eigenvalue weighted by Crippen LogP contribution is 2.26. The summed E-state index contributed by atoms with van der Waals surface area (Å²) in [4.78, 5) is 4.76. The maximum atomic E-state index is 4.76. The zero-order valence-corrected chi connectivity index (χ0v) is 24.0. The van der Waals surface area contributed by atoms with E-state index in [0.29, 0.717) is 12.0 Å². The van der Waals surface area contributed by atoms with Gasteiger partial charge in [0.25, 0.3) is 0 Å². The minimum absolute atomic E-state index is 0.587. The number of rotatable bonds is 25. The first-order valence-electron chi connectivity index (χ1n) is 15.7. The number of imidazole rings is 1. The molecule has 0 radical (unpaired) electrons. The van der Waals surface area contributed by atoms with Crippen molar-refractivity contribution in [3.8, 4) is 0 Å². The topological polar surface area (TPSA) is 17.8 Å². The van der Waals surface area contributed by atoms with E-state index in [1.54, 1.807) is 0 Å². The van der Waals surface area contributed by atoms with E-state index < -0.39 is 0 Å². The van der Waals surface area contributed by atoms with Gasteiger partial charge in [-0.2, -0.15) is 0 Å². The molecule has 2 atom stereocenters. The van der Waals surface area contributed by atoms with E-state index in [2.05, 4.69) is 38.5 Å². The summed E-state index contributed by atoms with van der Waals surface area (Å²) in [7, 11) is 0. The minimum atomic E-state index is 0.587. The zero-order chi connectivity index (χ0) is 24.7. The normalized spacial score (nSPS) is 13.4. The lowest BCUT2D eigenvalue weighted by molar-refractivity contribution is 0.435. The zero-order valence-electron chi connectivity index (χ0n) is 24.0. The largest absolute Gasteiger partial charge is 0.332 e. The van der Waals surface area contributed by atoms with E-state index in [1.807, 2.05) is 6.20 Å². The first-order valence-corrected chi connectivity index (χ1v) is 15.7. The van der Waals surface area contributed by atoms with Gasteiger partial charge in [-0.25, -0.2) is 4.98 Å². The molecule has 200 valence electrons. The summed E-state index contributed by atoms with van der Waals surface area (Å²) in [6, 6.07) is 0.589. The molecule has 1 aromatic rings. The summed E-state index contributed by atoms with van der Waals surface area (Å²) in [6.45, 7) is 9.38. The predicted molar refractivity (Wildman–Crippen MR) is 153 cm³/mol. The lowest BCUT2D eigenvalue weighted by Gasteiger charge is -2.20. The molecular formula is C32H62N2. The Morgan fingerprint density at radius 2 is 0.941 bits per heavy atom. The van der Waals surface area contributed by atoms with Crippen molar-refractivity contribution in [2.45, 2.75) is 187 Å². The van der Waals surface area contributed by atoms with Crippen LogP contribution in [-0.2, 0) is 0 Å². The number of hydrogen-bond acceptors (Lipinski definition) is 1. The average molecular weight is 475 g/mol. The Balaban J connectivity index is 2.05. The number of unbranched alkanes of at least 4 members (excludes halogenated alkanes) is 19. The first kappa shape index (κ1) is 31.2. The highest BCUT2D eigenvalue weighted by Gasteiger charge is 2.15. The summed E-state index contributed by atoms with van der Waals surface area (Å²) < 4.78 is 2.48. The molecule has 0 amide bonds. The summed E-state index contributed by atoms with van der Waals surface area (Å²) >= 11 is 0. The van der Waals surface area contributed by atoms with Gasteiger partial charge in [-0.15, -0.1) is 0 Å². The average Bonchev–Trinajstić information content (AvgIpc) is 3.34. The summed E-state index contributed by atoms with van der Waals surface area (Å²) in [5, 5.41) is 0. The van der Waals surface area contributed by atoms with Crippen LogP contribution in [0.5, 0.6) is 0 Å². The van der Waals surface area contributed by atoms with Crippen molar-refractivity contribution in [3.63, 3.8) is 0 Å². The molecule has 0 aliphatic rings. The van der Waals surface area contributed by atoms with Crippen molar-refractivity contribution in [1.29, 1.82) is 0 Å². The van der Waals surface area contributed by atoms with E-state index in [9.17, 15) is 0 Å². The van der Waals surface area contributed by atoms with Crippen molar-refractivity contribution in [1.82, 2.24) is 9.55 Å². The van der Waals surface area contributed by atoms with Gasteiger partial charge >= 0.3 is 0 Å². The van der Waals surface area contributed by atoms with E-state index in [0.717, 1.165) is 0 Å². The van der Waals surface area contributed by atoms with Gasteiger partial charge < -0.3 is 4.57 Å². The van der Waals surface area contributed by atoms with Crippen LogP contribution in [0, 0.1) is 0 Å². The summed E-state index contributed by atoms with van der Waals surface area (Å²) in [6.07, 6.45) is 36.7. The molecule has 1 heterocycles. The molecule has 0 aromatic carbocycles. The Morgan fingerprint density at radius 1 is 0.559 bits per heavy atom. The fraction of sp³-hybridized carbons (Fsp3) is 0.906. The van der Waals surface area contributed by atoms with Crippen molar-refractivity contribution in [3.05, 3.63) is 18.2 Å². The van der Waals surface area contributed by atoms with Gasteiger partial charge in [0, 0.05) is 24.4 Å². The monoisotopic (exact) mass is 474 g/mol. The molecule has 0 saturated carbocycles. The first-order chi connectivity index (χ1) is 16.7. The van der Waals surface area contributed by atoms with Crippen LogP contribution in [0.2, 0.25) is 0 Å². The third-order valence-electron chi connectivity index (χ3n) is 7.83. The standard InChI is InChI=1S/C32H62N2/c1-5-7-9-11-13-15-16-17-18-19-21-23-25-27-31(4)34-29-28-33-32(34)30(3)26-24-22-20-14-12-10-8-6-2/h28-31H,5-27H2,1-4H3. The van der Waals surface area contributed by atoms with Crippen LogP contribution in [0.1, 0.15) is 193 Å². The minimum Gasteiger partial charge on any atom is -0.332 e. The van der Waals surface area contributed by atoms with Crippen LogP contribution in [0.15, 0.2) is 12.4 Å². The molecule has 2 nitrogen and oxygen atoms in total. The van der Waals surface area contributed by atoms with Gasteiger partial charge in [0.2, 0.25) is 0 Å². The number of nitrogens with zero attached hydrogens (tertiary/aromatic N) is 2. The van der Waals surface area contributed by atoms with Gasteiger partial charge in [-0.05, 0) is 19.8 Å². The molecule has 34 heavy (non-hydrogen) atoms. The second-order valence-corrected chi connectivity index (χ2v) is 11.2. The highest BCUT2D eigenvalue weighted by molar-refractivity contribution is 5.00. The van der Waals surface area contributed by atoms with Gasteiger partial charge in [-0.3, -0.25) is 0 Å². The number of hydrogen-bond donors (Lipinski definition) is 0. The molecular weight excluding hydrogens is 412 g/mol. The van der Waals surface area contributed by atoms with Crippen molar-refractivity contribution < 1.29 is 0 Å². The predicted octanol–water partition coefficient (Wildman–Crippen LogP) is 11.6. The van der Waals surface area contributed by atoms with E-state index in [-0.39, 0.29) is 0 Å². The van der Waals surface area contributed by atoms with Crippen LogP contribution >= 0.6 is 0 Å². The van der Waals surface area contributed by atoms with Crippen LogP contribution in [-0.4, -0.2) is 9.55 Å². The van der Waals surface area contributed by atoms with Gasteiger partial charge in [0.15, 0.2) is 0 Å². The van der Waals surface area contributed by atoms with Crippen molar-refractivity contribution >= 4 is 0 Å². The maximum Gasteiger partial charge on any atom is 0.111 e. The Bertz CT molecular complexity index is 535. The second-order valence-electron chi connectivity index (χ2n) is 11.2. The third kappa shape index (κ3) is 16.0. The SMILES string of the molecule is CCCCCCCCCCCCCCCC(C)n1ccnc1C(C)CCCCCCCCCC. The van der Waals surface area contributed by atoms with Crippen molar-refractivity contribution in [2.24, 2.45) is 0 Å². The summed E-state index contributed by atoms with van der Waals surface area (Å²) in [5.74, 6) is 1.91. The van der Waals surface area contributed by atoms with Crippen LogP contribution in [0.25, 0.3) is 0 Å². The molecule has 1 rings (SSSR count). The van der Waals surface area contributed by atoms with E-state index in [4.69, 9.17) is 4.98 Å². The Hall–Kier alpha value is -0.790. The molecule has 0 N–H and O–H groups in total. The molecule has 0 saturated heterocycles. The summed E-state index contributed by atoms with van der Waals surface area (Å²) in [5.41, 5.74) is 0. The van der Waals surface area contributed by atoms with Gasteiger partial charge in [-0.1, -0.05) is 156 Å².